The molecule has 0 saturated carbocycles. The van der Waals surface area contributed by atoms with Crippen LogP contribution in [0.25, 0.3) is 0 Å². The molecule has 0 saturated heterocycles. The van der Waals surface area contributed by atoms with Crippen LogP contribution in [0, 0.1) is 0 Å². The average molecular weight is 1010 g/mol. The van der Waals surface area contributed by atoms with E-state index in [4.69, 9.17) is 14.2 Å². The van der Waals surface area contributed by atoms with Crippen LogP contribution in [-0.4, -0.2) is 37.2 Å². The van der Waals surface area contributed by atoms with E-state index in [0.29, 0.717) is 19.3 Å². The van der Waals surface area contributed by atoms with Gasteiger partial charge in [-0.1, -0.05) is 264 Å². The molecule has 0 aliphatic heterocycles. The molecule has 1 atom stereocenters. The second-order valence-corrected chi connectivity index (χ2v) is 19.3. The van der Waals surface area contributed by atoms with Gasteiger partial charge in [0.15, 0.2) is 6.10 Å². The third-order valence-electron chi connectivity index (χ3n) is 12.3. The SMILES string of the molecule is CC\C=C/C=C\C=C/C=C\C=C\C=C/CCCCCC(=O)OCC(COC(=O)CCCCCCCC/C=C\C/C=C\C/C=C\C/C=C\CC)OC(=O)CCCCCCCCC/C=C\CCCCCCCCCC. The molecule has 6 heteroatoms. The molecule has 0 aromatic carbocycles. The Balaban J connectivity index is 4.52. The molecule has 73 heavy (non-hydrogen) atoms. The van der Waals surface area contributed by atoms with Gasteiger partial charge in [-0.05, 0) is 103 Å². The van der Waals surface area contributed by atoms with Crippen LogP contribution < -0.4 is 0 Å². The lowest BCUT2D eigenvalue weighted by molar-refractivity contribution is -0.167. The lowest BCUT2D eigenvalue weighted by atomic mass is 10.1. The number of carbonyl (C=O) groups is 3. The molecular formula is C67H108O6. The van der Waals surface area contributed by atoms with E-state index in [2.05, 4.69) is 93.7 Å². The van der Waals surface area contributed by atoms with E-state index in [1.807, 2.05) is 60.8 Å². The lowest BCUT2D eigenvalue weighted by Gasteiger charge is -2.18. The summed E-state index contributed by atoms with van der Waals surface area (Å²) in [6.07, 6.45) is 84.4. The summed E-state index contributed by atoms with van der Waals surface area (Å²) in [5.41, 5.74) is 0. The zero-order chi connectivity index (χ0) is 52.9. The molecule has 0 aliphatic carbocycles. The summed E-state index contributed by atoms with van der Waals surface area (Å²) in [5, 5.41) is 0. The number of allylic oxidation sites excluding steroid dienone is 22. The van der Waals surface area contributed by atoms with Gasteiger partial charge in [0.05, 0.1) is 0 Å². The summed E-state index contributed by atoms with van der Waals surface area (Å²) in [4.78, 5) is 38.2. The Labute approximate surface area is 449 Å². The third kappa shape index (κ3) is 58.3. The molecule has 0 bridgehead atoms. The summed E-state index contributed by atoms with van der Waals surface area (Å²) in [5.74, 6) is -0.969. The number of ether oxygens (including phenoxy) is 3. The fraction of sp³-hybridized carbons (Fsp3) is 0.627. The molecule has 1 unspecified atom stereocenters. The fourth-order valence-corrected chi connectivity index (χ4v) is 7.87. The van der Waals surface area contributed by atoms with E-state index in [0.717, 1.165) is 109 Å². The van der Waals surface area contributed by atoms with Gasteiger partial charge in [0.25, 0.3) is 0 Å². The molecule has 0 amide bonds. The molecule has 0 spiro atoms. The van der Waals surface area contributed by atoms with Crippen LogP contribution in [0.1, 0.15) is 252 Å². The number of rotatable bonds is 52. The smallest absolute Gasteiger partial charge is 0.306 e. The Morgan fingerprint density at radius 1 is 0.301 bits per heavy atom. The monoisotopic (exact) mass is 1010 g/mol. The number of carbonyl (C=O) groups excluding carboxylic acids is 3. The summed E-state index contributed by atoms with van der Waals surface area (Å²) in [7, 11) is 0. The molecule has 0 aliphatic rings. The van der Waals surface area contributed by atoms with E-state index in [-0.39, 0.29) is 31.1 Å². The number of hydrogen-bond acceptors (Lipinski definition) is 6. The van der Waals surface area contributed by atoms with Crippen LogP contribution in [0.3, 0.4) is 0 Å². The molecule has 0 heterocycles. The van der Waals surface area contributed by atoms with E-state index in [1.165, 1.54) is 103 Å². The van der Waals surface area contributed by atoms with Crippen molar-refractivity contribution < 1.29 is 28.6 Å². The third-order valence-corrected chi connectivity index (χ3v) is 12.3. The average Bonchev–Trinajstić information content (AvgIpc) is 3.39. The topological polar surface area (TPSA) is 78.9 Å². The van der Waals surface area contributed by atoms with Crippen LogP contribution in [0.5, 0.6) is 0 Å². The van der Waals surface area contributed by atoms with Crippen molar-refractivity contribution in [3.8, 4) is 0 Å². The van der Waals surface area contributed by atoms with Crippen LogP contribution >= 0.6 is 0 Å². The number of unbranched alkanes of at least 4 members (excludes halogenated alkanes) is 24. The van der Waals surface area contributed by atoms with Gasteiger partial charge >= 0.3 is 17.9 Å². The molecule has 0 aromatic heterocycles. The molecule has 0 N–H and O–H groups in total. The predicted molar refractivity (Wildman–Crippen MR) is 316 cm³/mol. The minimum absolute atomic E-state index is 0.106. The van der Waals surface area contributed by atoms with Crippen LogP contribution in [-0.2, 0) is 28.6 Å². The Morgan fingerprint density at radius 2 is 0.603 bits per heavy atom. The van der Waals surface area contributed by atoms with Crippen molar-refractivity contribution in [2.75, 3.05) is 13.2 Å². The van der Waals surface area contributed by atoms with Crippen LogP contribution in [0.2, 0.25) is 0 Å². The van der Waals surface area contributed by atoms with Gasteiger partial charge in [0.1, 0.15) is 13.2 Å². The van der Waals surface area contributed by atoms with Gasteiger partial charge < -0.3 is 14.2 Å². The van der Waals surface area contributed by atoms with Crippen molar-refractivity contribution in [3.63, 3.8) is 0 Å². The first kappa shape index (κ1) is 68.6. The molecule has 6 nitrogen and oxygen atoms in total. The van der Waals surface area contributed by atoms with Crippen LogP contribution in [0.15, 0.2) is 134 Å². The maximum Gasteiger partial charge on any atom is 0.306 e. The maximum absolute atomic E-state index is 12.9. The van der Waals surface area contributed by atoms with Crippen molar-refractivity contribution in [1.82, 2.24) is 0 Å². The normalized spacial score (nSPS) is 13.1. The molecule has 0 aromatic rings. The number of esters is 3. The zero-order valence-corrected chi connectivity index (χ0v) is 47.1. The summed E-state index contributed by atoms with van der Waals surface area (Å²) in [6.45, 7) is 6.33. The Hall–Kier alpha value is -4.45. The van der Waals surface area contributed by atoms with Crippen LogP contribution in [0.4, 0.5) is 0 Å². The van der Waals surface area contributed by atoms with Gasteiger partial charge in [0, 0.05) is 19.3 Å². The highest BCUT2D eigenvalue weighted by molar-refractivity contribution is 5.71. The van der Waals surface area contributed by atoms with Crippen molar-refractivity contribution in [3.05, 3.63) is 134 Å². The highest BCUT2D eigenvalue weighted by Crippen LogP contribution is 2.15. The lowest BCUT2D eigenvalue weighted by Crippen LogP contribution is -2.30. The van der Waals surface area contributed by atoms with Gasteiger partial charge in [-0.3, -0.25) is 14.4 Å². The Kier molecular flexibility index (Phi) is 56.4. The Morgan fingerprint density at radius 3 is 1.03 bits per heavy atom. The first-order valence-electron chi connectivity index (χ1n) is 29.8. The summed E-state index contributed by atoms with van der Waals surface area (Å²) in [6, 6.07) is 0. The van der Waals surface area contributed by atoms with Gasteiger partial charge in [-0.25, -0.2) is 0 Å². The highest BCUT2D eigenvalue weighted by atomic mass is 16.6. The summed E-state index contributed by atoms with van der Waals surface area (Å²) >= 11 is 0. The minimum atomic E-state index is -0.811. The molecular weight excluding hydrogens is 901 g/mol. The molecule has 0 rings (SSSR count). The molecule has 412 valence electrons. The Bertz CT molecular complexity index is 1580. The van der Waals surface area contributed by atoms with Crippen molar-refractivity contribution >= 4 is 17.9 Å². The van der Waals surface area contributed by atoms with Gasteiger partial charge in [-0.2, -0.15) is 0 Å². The second kappa shape index (κ2) is 60.1. The van der Waals surface area contributed by atoms with Gasteiger partial charge in [0.2, 0.25) is 0 Å². The van der Waals surface area contributed by atoms with Gasteiger partial charge in [-0.15, -0.1) is 0 Å². The highest BCUT2D eigenvalue weighted by Gasteiger charge is 2.19. The van der Waals surface area contributed by atoms with E-state index in [1.54, 1.807) is 0 Å². The fourth-order valence-electron chi connectivity index (χ4n) is 7.87. The molecule has 0 fully saturated rings. The van der Waals surface area contributed by atoms with E-state index >= 15 is 0 Å². The number of hydrogen-bond donors (Lipinski definition) is 0. The van der Waals surface area contributed by atoms with E-state index < -0.39 is 6.10 Å². The predicted octanol–water partition coefficient (Wildman–Crippen LogP) is 20.2. The molecule has 0 radical (unpaired) electrons. The summed E-state index contributed by atoms with van der Waals surface area (Å²) < 4.78 is 16.8. The largest absolute Gasteiger partial charge is 0.462 e. The first-order valence-corrected chi connectivity index (χ1v) is 29.8. The van der Waals surface area contributed by atoms with Crippen molar-refractivity contribution in [1.29, 1.82) is 0 Å². The first-order chi connectivity index (χ1) is 36.0. The zero-order valence-electron chi connectivity index (χ0n) is 47.1. The standard InChI is InChI=1S/C67H108O6/c1-4-7-10-13-16-19-22-25-28-31-33-36-39-42-45-48-51-54-57-60-66(69)72-63-64(62-71-65(68)59-56-53-50-47-44-41-38-35-30-27-24-21-18-15-12-9-6-3)73-67(70)61-58-55-52-49-46-43-40-37-34-32-29-26-23-20-17-14-11-8-5-2/h7,9-10,12,15-16,18-19,21,24-25,27-28,30,32-36,38,41,44,64H,4-6,8,11,13-14,17,20,22-23,26,29,31,37,39-40,42-43,45-63H2,1-3H3/b10-7-,12-9-,18-15-,19-16-,24-21-,28-25-,30-27-,34-32-,36-33-,38-35+,44-41-. The minimum Gasteiger partial charge on any atom is -0.462 e. The van der Waals surface area contributed by atoms with E-state index in [9.17, 15) is 14.4 Å². The quantitative estimate of drug-likeness (QED) is 0.0199. The van der Waals surface area contributed by atoms with Crippen molar-refractivity contribution in [2.45, 2.75) is 258 Å². The maximum atomic E-state index is 12.9. The second-order valence-electron chi connectivity index (χ2n) is 19.3. The van der Waals surface area contributed by atoms with Crippen molar-refractivity contribution in [2.24, 2.45) is 0 Å².